The summed E-state index contributed by atoms with van der Waals surface area (Å²) in [6.07, 6.45) is -0.291. The highest BCUT2D eigenvalue weighted by Gasteiger charge is 2.21. The quantitative estimate of drug-likeness (QED) is 0.857. The average Bonchev–Trinajstić information content (AvgIpc) is 2.27. The molecule has 0 aliphatic carbocycles. The fraction of sp³-hybridized carbons (Fsp3) is 0.417. The lowest BCUT2D eigenvalue weighted by atomic mass is 9.93. The van der Waals surface area contributed by atoms with Gasteiger partial charge in [0.1, 0.15) is 5.78 Å². The van der Waals surface area contributed by atoms with Crippen molar-refractivity contribution in [3.05, 3.63) is 34.9 Å². The van der Waals surface area contributed by atoms with Crippen LogP contribution in [0.25, 0.3) is 0 Å². The molecular formula is C12H15ClO2. The van der Waals surface area contributed by atoms with Gasteiger partial charge in [-0.05, 0) is 17.7 Å². The molecular weight excluding hydrogens is 212 g/mol. The number of ketones is 1. The Balaban J connectivity index is 2.80. The fourth-order valence-electron chi connectivity index (χ4n) is 1.45. The Morgan fingerprint density at radius 3 is 2.40 bits per heavy atom. The SMILES string of the molecule is CCC(=O)[C@H](C)[C@@H](O)c1ccc(Cl)cc1. The predicted molar refractivity (Wildman–Crippen MR) is 60.9 cm³/mol. The summed E-state index contributed by atoms with van der Waals surface area (Å²) < 4.78 is 0. The van der Waals surface area contributed by atoms with Crippen LogP contribution in [0.3, 0.4) is 0 Å². The van der Waals surface area contributed by atoms with Crippen LogP contribution in [0.5, 0.6) is 0 Å². The van der Waals surface area contributed by atoms with Crippen molar-refractivity contribution in [3.8, 4) is 0 Å². The second-order valence-electron chi connectivity index (χ2n) is 3.60. The minimum atomic E-state index is -0.741. The summed E-state index contributed by atoms with van der Waals surface area (Å²) in [6, 6.07) is 6.91. The highest BCUT2D eigenvalue weighted by Crippen LogP contribution is 2.24. The number of aliphatic hydroxyl groups excluding tert-OH is 1. The molecule has 1 N–H and O–H groups in total. The maximum Gasteiger partial charge on any atom is 0.138 e. The van der Waals surface area contributed by atoms with Gasteiger partial charge < -0.3 is 5.11 Å². The van der Waals surface area contributed by atoms with Crippen molar-refractivity contribution in [2.24, 2.45) is 5.92 Å². The van der Waals surface area contributed by atoms with E-state index >= 15 is 0 Å². The van der Waals surface area contributed by atoms with Gasteiger partial charge >= 0.3 is 0 Å². The van der Waals surface area contributed by atoms with Gasteiger partial charge in [-0.2, -0.15) is 0 Å². The van der Waals surface area contributed by atoms with Gasteiger partial charge in [0, 0.05) is 17.4 Å². The van der Waals surface area contributed by atoms with Crippen LogP contribution in [0.4, 0.5) is 0 Å². The molecule has 0 unspecified atom stereocenters. The first-order chi connectivity index (χ1) is 7.06. The van der Waals surface area contributed by atoms with E-state index in [2.05, 4.69) is 0 Å². The molecule has 2 nitrogen and oxygen atoms in total. The Hall–Kier alpha value is -0.860. The number of rotatable bonds is 4. The lowest BCUT2D eigenvalue weighted by Gasteiger charge is -2.17. The van der Waals surface area contributed by atoms with Gasteiger partial charge in [0.15, 0.2) is 0 Å². The Labute approximate surface area is 94.9 Å². The molecule has 1 rings (SSSR count). The minimum Gasteiger partial charge on any atom is -0.388 e. The van der Waals surface area contributed by atoms with E-state index in [4.69, 9.17) is 11.6 Å². The van der Waals surface area contributed by atoms with Gasteiger partial charge in [-0.15, -0.1) is 0 Å². The molecule has 82 valence electrons. The van der Waals surface area contributed by atoms with E-state index in [0.29, 0.717) is 11.4 Å². The number of hydrogen-bond acceptors (Lipinski definition) is 2. The number of hydrogen-bond donors (Lipinski definition) is 1. The van der Waals surface area contributed by atoms with Crippen LogP contribution >= 0.6 is 11.6 Å². The highest BCUT2D eigenvalue weighted by atomic mass is 35.5. The van der Waals surface area contributed by atoms with Crippen molar-refractivity contribution in [1.29, 1.82) is 0 Å². The first-order valence-corrected chi connectivity index (χ1v) is 5.40. The third-order valence-electron chi connectivity index (χ3n) is 2.54. The molecule has 1 aromatic rings. The van der Waals surface area contributed by atoms with E-state index in [0.717, 1.165) is 5.56 Å². The highest BCUT2D eigenvalue weighted by molar-refractivity contribution is 6.30. The number of halogens is 1. The normalized spacial score (nSPS) is 14.7. The van der Waals surface area contributed by atoms with Gasteiger partial charge in [0.2, 0.25) is 0 Å². The van der Waals surface area contributed by atoms with Crippen LogP contribution in [0.15, 0.2) is 24.3 Å². The van der Waals surface area contributed by atoms with Gasteiger partial charge in [-0.25, -0.2) is 0 Å². The van der Waals surface area contributed by atoms with Gasteiger partial charge in [-0.1, -0.05) is 37.6 Å². The van der Waals surface area contributed by atoms with E-state index in [1.165, 1.54) is 0 Å². The summed E-state index contributed by atoms with van der Waals surface area (Å²) in [7, 11) is 0. The van der Waals surface area contributed by atoms with Crippen molar-refractivity contribution in [3.63, 3.8) is 0 Å². The van der Waals surface area contributed by atoms with Crippen LogP contribution in [-0.2, 0) is 4.79 Å². The summed E-state index contributed by atoms with van der Waals surface area (Å²) in [5, 5.41) is 10.5. The van der Waals surface area contributed by atoms with E-state index in [1.54, 1.807) is 38.1 Å². The maximum absolute atomic E-state index is 11.4. The van der Waals surface area contributed by atoms with E-state index < -0.39 is 6.10 Å². The first-order valence-electron chi connectivity index (χ1n) is 5.02. The van der Waals surface area contributed by atoms with Crippen molar-refractivity contribution in [2.45, 2.75) is 26.4 Å². The maximum atomic E-state index is 11.4. The fourth-order valence-corrected chi connectivity index (χ4v) is 1.57. The molecule has 0 fully saturated rings. The lowest BCUT2D eigenvalue weighted by Crippen LogP contribution is -2.18. The largest absolute Gasteiger partial charge is 0.388 e. The number of Topliss-reactive ketones (excluding diaryl/α,β-unsaturated/α-hetero) is 1. The lowest BCUT2D eigenvalue weighted by molar-refractivity contribution is -0.125. The van der Waals surface area contributed by atoms with Crippen LogP contribution in [0, 0.1) is 5.92 Å². The summed E-state index contributed by atoms with van der Waals surface area (Å²) in [5.41, 5.74) is 0.730. The third kappa shape index (κ3) is 3.05. The van der Waals surface area contributed by atoms with E-state index in [-0.39, 0.29) is 11.7 Å². The smallest absolute Gasteiger partial charge is 0.138 e. The topological polar surface area (TPSA) is 37.3 Å². The summed E-state index contributed by atoms with van der Waals surface area (Å²) in [4.78, 5) is 11.4. The number of carbonyl (C=O) groups is 1. The minimum absolute atomic E-state index is 0.0671. The Morgan fingerprint density at radius 1 is 1.40 bits per heavy atom. The molecule has 15 heavy (non-hydrogen) atoms. The first kappa shape index (κ1) is 12.2. The number of carbonyl (C=O) groups excluding carboxylic acids is 1. The molecule has 0 saturated carbocycles. The van der Waals surface area contributed by atoms with Crippen LogP contribution < -0.4 is 0 Å². The molecule has 2 atom stereocenters. The molecule has 0 bridgehead atoms. The van der Waals surface area contributed by atoms with Crippen LogP contribution in [0.1, 0.15) is 31.9 Å². The van der Waals surface area contributed by atoms with Crippen LogP contribution in [-0.4, -0.2) is 10.9 Å². The molecule has 0 amide bonds. The van der Waals surface area contributed by atoms with Gasteiger partial charge in [0.25, 0.3) is 0 Å². The zero-order chi connectivity index (χ0) is 11.4. The zero-order valence-electron chi connectivity index (χ0n) is 8.90. The van der Waals surface area contributed by atoms with E-state index in [1.807, 2.05) is 0 Å². The number of benzene rings is 1. The average molecular weight is 227 g/mol. The molecule has 0 heterocycles. The zero-order valence-corrected chi connectivity index (χ0v) is 9.66. The summed E-state index contributed by atoms with van der Waals surface area (Å²) in [5.74, 6) is -0.298. The molecule has 0 saturated heterocycles. The summed E-state index contributed by atoms with van der Waals surface area (Å²) in [6.45, 7) is 3.54. The molecule has 0 aromatic heterocycles. The Bertz CT molecular complexity index is 332. The van der Waals surface area contributed by atoms with Gasteiger partial charge in [-0.3, -0.25) is 4.79 Å². The molecule has 0 radical (unpaired) electrons. The van der Waals surface area contributed by atoms with Gasteiger partial charge in [0.05, 0.1) is 6.10 Å². The second-order valence-corrected chi connectivity index (χ2v) is 4.04. The van der Waals surface area contributed by atoms with Crippen molar-refractivity contribution < 1.29 is 9.90 Å². The molecule has 0 aliphatic rings. The molecule has 0 aliphatic heterocycles. The number of aliphatic hydroxyl groups is 1. The predicted octanol–water partition coefficient (Wildman–Crippen LogP) is 2.99. The van der Waals surface area contributed by atoms with Crippen molar-refractivity contribution in [1.82, 2.24) is 0 Å². The monoisotopic (exact) mass is 226 g/mol. The summed E-state index contributed by atoms with van der Waals surface area (Å²) >= 11 is 5.74. The molecule has 0 spiro atoms. The molecule has 3 heteroatoms. The molecule has 1 aromatic carbocycles. The standard InChI is InChI=1S/C12H15ClO2/c1-3-11(14)8(2)12(15)9-4-6-10(13)7-5-9/h4-8,12,15H,3H2,1-2H3/t8-,12+/m0/s1. The third-order valence-corrected chi connectivity index (χ3v) is 2.79. The Morgan fingerprint density at radius 2 is 1.93 bits per heavy atom. The second kappa shape index (κ2) is 5.29. The Kier molecular flexibility index (Phi) is 4.30. The van der Waals surface area contributed by atoms with Crippen molar-refractivity contribution in [2.75, 3.05) is 0 Å². The van der Waals surface area contributed by atoms with Crippen LogP contribution in [0.2, 0.25) is 5.02 Å². The van der Waals surface area contributed by atoms with Crippen molar-refractivity contribution >= 4 is 17.4 Å². The van der Waals surface area contributed by atoms with E-state index in [9.17, 15) is 9.90 Å².